The molecule has 21 heavy (non-hydrogen) atoms. The molecule has 0 unspecified atom stereocenters. The van der Waals surface area contributed by atoms with E-state index in [1.54, 1.807) is 26.4 Å². The van der Waals surface area contributed by atoms with E-state index in [9.17, 15) is 4.39 Å². The van der Waals surface area contributed by atoms with Gasteiger partial charge in [-0.05, 0) is 29.7 Å². The van der Waals surface area contributed by atoms with Crippen LogP contribution >= 0.6 is 0 Å². The first-order chi connectivity index (χ1) is 10.2. The van der Waals surface area contributed by atoms with E-state index in [4.69, 9.17) is 9.47 Å². The second kappa shape index (κ2) is 5.44. The standard InChI is InChI=1S/C18H15FO2/c1-20-17-9-5-6-12-10-15(18(21-2)11-14(12)17)13-7-3-4-8-16(13)19/h3-11H,1-2H3. The minimum absolute atomic E-state index is 0.266. The molecule has 0 atom stereocenters. The van der Waals surface area contributed by atoms with Crippen molar-refractivity contribution in [3.8, 4) is 22.6 Å². The Morgan fingerprint density at radius 1 is 0.762 bits per heavy atom. The summed E-state index contributed by atoms with van der Waals surface area (Å²) < 4.78 is 24.9. The summed E-state index contributed by atoms with van der Waals surface area (Å²) in [5.74, 6) is 1.13. The lowest BCUT2D eigenvalue weighted by molar-refractivity contribution is 0.413. The molecule has 2 nitrogen and oxygen atoms in total. The lowest BCUT2D eigenvalue weighted by Crippen LogP contribution is -1.92. The van der Waals surface area contributed by atoms with Crippen LogP contribution < -0.4 is 9.47 Å². The van der Waals surface area contributed by atoms with Crippen molar-refractivity contribution in [1.29, 1.82) is 0 Å². The van der Waals surface area contributed by atoms with Crippen LogP contribution in [0.2, 0.25) is 0 Å². The molecule has 0 spiro atoms. The van der Waals surface area contributed by atoms with Crippen LogP contribution in [0.15, 0.2) is 54.6 Å². The summed E-state index contributed by atoms with van der Waals surface area (Å²) in [6.07, 6.45) is 0. The lowest BCUT2D eigenvalue weighted by Gasteiger charge is -2.13. The minimum atomic E-state index is -0.266. The maximum Gasteiger partial charge on any atom is 0.131 e. The molecule has 0 N–H and O–H groups in total. The highest BCUT2D eigenvalue weighted by Crippen LogP contribution is 2.38. The summed E-state index contributed by atoms with van der Waals surface area (Å²) in [6.45, 7) is 0. The largest absolute Gasteiger partial charge is 0.496 e. The molecule has 3 aromatic rings. The average molecular weight is 282 g/mol. The van der Waals surface area contributed by atoms with Gasteiger partial charge < -0.3 is 9.47 Å². The third-order valence-electron chi connectivity index (χ3n) is 3.54. The summed E-state index contributed by atoms with van der Waals surface area (Å²) in [5.41, 5.74) is 1.26. The van der Waals surface area contributed by atoms with Crippen molar-refractivity contribution in [1.82, 2.24) is 0 Å². The van der Waals surface area contributed by atoms with Gasteiger partial charge in [0.25, 0.3) is 0 Å². The highest BCUT2D eigenvalue weighted by molar-refractivity contribution is 5.94. The van der Waals surface area contributed by atoms with E-state index in [1.165, 1.54) is 6.07 Å². The predicted octanol–water partition coefficient (Wildman–Crippen LogP) is 4.66. The zero-order chi connectivity index (χ0) is 14.8. The quantitative estimate of drug-likeness (QED) is 0.695. The molecule has 3 aromatic carbocycles. The van der Waals surface area contributed by atoms with E-state index in [2.05, 4.69) is 0 Å². The van der Waals surface area contributed by atoms with Crippen LogP contribution in [0, 0.1) is 5.82 Å². The summed E-state index contributed by atoms with van der Waals surface area (Å²) in [4.78, 5) is 0. The smallest absolute Gasteiger partial charge is 0.131 e. The number of methoxy groups -OCH3 is 2. The van der Waals surface area contributed by atoms with Gasteiger partial charge in [-0.3, -0.25) is 0 Å². The third-order valence-corrected chi connectivity index (χ3v) is 3.54. The van der Waals surface area contributed by atoms with Gasteiger partial charge >= 0.3 is 0 Å². The molecule has 0 fully saturated rings. The van der Waals surface area contributed by atoms with E-state index < -0.39 is 0 Å². The molecule has 0 aromatic heterocycles. The number of fused-ring (bicyclic) bond motifs is 1. The summed E-state index contributed by atoms with van der Waals surface area (Å²) >= 11 is 0. The Hall–Kier alpha value is -2.55. The number of hydrogen-bond donors (Lipinski definition) is 0. The number of halogens is 1. The van der Waals surface area contributed by atoms with E-state index in [0.717, 1.165) is 22.1 Å². The van der Waals surface area contributed by atoms with E-state index in [1.807, 2.05) is 36.4 Å². The highest BCUT2D eigenvalue weighted by atomic mass is 19.1. The van der Waals surface area contributed by atoms with Gasteiger partial charge in [0, 0.05) is 16.5 Å². The fourth-order valence-corrected chi connectivity index (χ4v) is 2.51. The van der Waals surface area contributed by atoms with Gasteiger partial charge in [0.2, 0.25) is 0 Å². The van der Waals surface area contributed by atoms with Gasteiger partial charge in [0.1, 0.15) is 17.3 Å². The molecule has 0 bridgehead atoms. The summed E-state index contributed by atoms with van der Waals surface area (Å²) in [6, 6.07) is 16.3. The molecule has 0 aliphatic rings. The third kappa shape index (κ3) is 2.31. The molecule has 0 amide bonds. The van der Waals surface area contributed by atoms with Crippen molar-refractivity contribution >= 4 is 10.8 Å². The summed E-state index contributed by atoms with van der Waals surface area (Å²) in [5, 5.41) is 1.92. The van der Waals surface area contributed by atoms with E-state index in [-0.39, 0.29) is 5.82 Å². The van der Waals surface area contributed by atoms with Crippen LogP contribution in [0.1, 0.15) is 0 Å². The Labute approximate surface area is 122 Å². The van der Waals surface area contributed by atoms with Crippen LogP contribution in [0.4, 0.5) is 4.39 Å². The average Bonchev–Trinajstić information content (AvgIpc) is 2.53. The first kappa shape index (κ1) is 13.4. The lowest BCUT2D eigenvalue weighted by atomic mass is 9.99. The zero-order valence-corrected chi connectivity index (χ0v) is 11.9. The van der Waals surface area contributed by atoms with Crippen LogP contribution in [-0.2, 0) is 0 Å². The van der Waals surface area contributed by atoms with Crippen LogP contribution in [0.25, 0.3) is 21.9 Å². The van der Waals surface area contributed by atoms with Crippen molar-refractivity contribution in [2.75, 3.05) is 14.2 Å². The van der Waals surface area contributed by atoms with E-state index >= 15 is 0 Å². The molecular weight excluding hydrogens is 267 g/mol. The molecular formula is C18H15FO2. The number of rotatable bonds is 3. The van der Waals surface area contributed by atoms with Crippen molar-refractivity contribution < 1.29 is 13.9 Å². The van der Waals surface area contributed by atoms with Crippen LogP contribution in [-0.4, -0.2) is 14.2 Å². The minimum Gasteiger partial charge on any atom is -0.496 e. The molecule has 0 aliphatic heterocycles. The Balaban J connectivity index is 2.31. The molecule has 0 aliphatic carbocycles. The van der Waals surface area contributed by atoms with Gasteiger partial charge in [0.05, 0.1) is 14.2 Å². The monoisotopic (exact) mass is 282 g/mol. The van der Waals surface area contributed by atoms with E-state index in [0.29, 0.717) is 11.3 Å². The van der Waals surface area contributed by atoms with Gasteiger partial charge in [-0.25, -0.2) is 4.39 Å². The Kier molecular flexibility index (Phi) is 3.48. The molecule has 3 rings (SSSR count). The molecule has 0 heterocycles. The van der Waals surface area contributed by atoms with Crippen LogP contribution in [0.3, 0.4) is 0 Å². The molecule has 0 saturated carbocycles. The maximum absolute atomic E-state index is 14.1. The number of ether oxygens (including phenoxy) is 2. The topological polar surface area (TPSA) is 18.5 Å². The van der Waals surface area contributed by atoms with Gasteiger partial charge in [0.15, 0.2) is 0 Å². The SMILES string of the molecule is COc1cc2c(OC)cccc2cc1-c1ccccc1F. The first-order valence-electron chi connectivity index (χ1n) is 6.64. The van der Waals surface area contributed by atoms with Gasteiger partial charge in [-0.2, -0.15) is 0 Å². The second-order valence-corrected chi connectivity index (χ2v) is 4.71. The van der Waals surface area contributed by atoms with Crippen LogP contribution in [0.5, 0.6) is 11.5 Å². The van der Waals surface area contributed by atoms with Crippen molar-refractivity contribution in [3.63, 3.8) is 0 Å². The fourth-order valence-electron chi connectivity index (χ4n) is 2.51. The Morgan fingerprint density at radius 3 is 2.24 bits per heavy atom. The van der Waals surface area contributed by atoms with Gasteiger partial charge in [-0.1, -0.05) is 30.3 Å². The normalized spacial score (nSPS) is 10.6. The molecule has 3 heteroatoms. The van der Waals surface area contributed by atoms with Crippen molar-refractivity contribution in [3.05, 3.63) is 60.4 Å². The second-order valence-electron chi connectivity index (χ2n) is 4.71. The predicted molar refractivity (Wildman–Crippen MR) is 82.4 cm³/mol. The number of hydrogen-bond acceptors (Lipinski definition) is 2. The molecule has 0 radical (unpaired) electrons. The highest BCUT2D eigenvalue weighted by Gasteiger charge is 2.13. The molecule has 0 saturated heterocycles. The van der Waals surface area contributed by atoms with Gasteiger partial charge in [-0.15, -0.1) is 0 Å². The Bertz CT molecular complexity index is 796. The number of benzene rings is 3. The van der Waals surface area contributed by atoms with Crippen molar-refractivity contribution in [2.24, 2.45) is 0 Å². The zero-order valence-electron chi connectivity index (χ0n) is 11.9. The fraction of sp³-hybridized carbons (Fsp3) is 0.111. The van der Waals surface area contributed by atoms with Crippen molar-refractivity contribution in [2.45, 2.75) is 0 Å². The summed E-state index contributed by atoms with van der Waals surface area (Å²) in [7, 11) is 3.22. The maximum atomic E-state index is 14.1. The first-order valence-corrected chi connectivity index (χ1v) is 6.64. The Morgan fingerprint density at radius 2 is 1.52 bits per heavy atom. The molecule has 106 valence electrons.